The van der Waals surface area contributed by atoms with E-state index in [0.29, 0.717) is 6.61 Å². The maximum atomic E-state index is 11.9. The van der Waals surface area contributed by atoms with Crippen molar-refractivity contribution in [3.05, 3.63) is 65.7 Å². The van der Waals surface area contributed by atoms with Crippen molar-refractivity contribution in [3.63, 3.8) is 0 Å². The summed E-state index contributed by atoms with van der Waals surface area (Å²) in [4.78, 5) is 11.9. The zero-order chi connectivity index (χ0) is 19.2. The lowest BCUT2D eigenvalue weighted by Gasteiger charge is -2.26. The second-order valence-corrected chi connectivity index (χ2v) is 7.74. The van der Waals surface area contributed by atoms with Gasteiger partial charge in [-0.15, -0.1) is 0 Å². The number of hydrogen-bond donors (Lipinski definition) is 0. The lowest BCUT2D eigenvalue weighted by Crippen LogP contribution is -2.27. The van der Waals surface area contributed by atoms with E-state index in [4.69, 9.17) is 9.47 Å². The third kappa shape index (κ3) is 4.87. The Labute approximate surface area is 157 Å². The van der Waals surface area contributed by atoms with Gasteiger partial charge in [0, 0.05) is 5.41 Å². The predicted molar refractivity (Wildman–Crippen MR) is 106 cm³/mol. The fourth-order valence-electron chi connectivity index (χ4n) is 2.62. The topological polar surface area (TPSA) is 35.5 Å². The smallest absolute Gasteiger partial charge is 0.311 e. The first-order valence-corrected chi connectivity index (χ1v) is 9.23. The van der Waals surface area contributed by atoms with E-state index in [9.17, 15) is 4.79 Å². The van der Waals surface area contributed by atoms with Crippen molar-refractivity contribution in [3.8, 4) is 5.75 Å². The molecule has 2 aromatic carbocycles. The molecule has 0 radical (unpaired) electrons. The Bertz CT molecular complexity index is 700. The molecule has 0 atom stereocenters. The maximum Gasteiger partial charge on any atom is 0.311 e. The van der Waals surface area contributed by atoms with Gasteiger partial charge in [0.15, 0.2) is 0 Å². The highest BCUT2D eigenvalue weighted by molar-refractivity contribution is 5.75. The maximum absolute atomic E-state index is 11.9. The first-order chi connectivity index (χ1) is 12.3. The third-order valence-electron chi connectivity index (χ3n) is 5.09. The van der Waals surface area contributed by atoms with Crippen LogP contribution in [-0.2, 0) is 14.9 Å². The van der Waals surface area contributed by atoms with Crippen LogP contribution in [-0.4, -0.2) is 19.2 Å². The molecule has 3 nitrogen and oxygen atoms in total. The number of carbonyl (C=O) groups excluding carboxylic acids is 1. The first kappa shape index (κ1) is 20.0. The molecule has 0 saturated heterocycles. The Morgan fingerprint density at radius 2 is 1.42 bits per heavy atom. The van der Waals surface area contributed by atoms with Gasteiger partial charge in [0.05, 0.1) is 5.41 Å². The first-order valence-electron chi connectivity index (χ1n) is 9.23. The summed E-state index contributed by atoms with van der Waals surface area (Å²) in [6.07, 6.45) is 0.755. The molecule has 0 bridgehead atoms. The van der Waals surface area contributed by atoms with Gasteiger partial charge in [-0.25, -0.2) is 0 Å². The summed E-state index contributed by atoms with van der Waals surface area (Å²) < 4.78 is 11.0. The zero-order valence-corrected chi connectivity index (χ0v) is 16.5. The van der Waals surface area contributed by atoms with Gasteiger partial charge in [-0.1, -0.05) is 63.2 Å². The van der Waals surface area contributed by atoms with Gasteiger partial charge < -0.3 is 9.47 Å². The summed E-state index contributed by atoms with van der Waals surface area (Å²) in [5, 5.41) is 0. The van der Waals surface area contributed by atoms with Crippen LogP contribution in [0.4, 0.5) is 0 Å². The van der Waals surface area contributed by atoms with Crippen molar-refractivity contribution in [2.75, 3.05) is 13.2 Å². The van der Waals surface area contributed by atoms with Crippen LogP contribution in [0, 0.1) is 5.41 Å². The molecule has 0 aliphatic rings. The summed E-state index contributed by atoms with van der Waals surface area (Å²) in [7, 11) is 0. The molecule has 26 heavy (non-hydrogen) atoms. The molecular formula is C23H30O3. The molecule has 140 valence electrons. The highest BCUT2D eigenvalue weighted by atomic mass is 16.6. The molecule has 3 heteroatoms. The van der Waals surface area contributed by atoms with E-state index in [1.54, 1.807) is 0 Å². The van der Waals surface area contributed by atoms with E-state index in [2.05, 4.69) is 50.2 Å². The van der Waals surface area contributed by atoms with Gasteiger partial charge in [0.25, 0.3) is 0 Å². The SMILES string of the molecule is CCC(C)(C)C(=O)OCCOc1ccc(C(C)(C)c2ccccc2)cc1. The number of ether oxygens (including phenoxy) is 2. The monoisotopic (exact) mass is 354 g/mol. The largest absolute Gasteiger partial charge is 0.490 e. The van der Waals surface area contributed by atoms with Crippen LogP contribution in [0.3, 0.4) is 0 Å². The molecule has 2 aromatic rings. The summed E-state index contributed by atoms with van der Waals surface area (Å²) in [5.74, 6) is 0.604. The zero-order valence-electron chi connectivity index (χ0n) is 16.5. The average Bonchev–Trinajstić information content (AvgIpc) is 2.66. The molecule has 0 aliphatic heterocycles. The molecule has 0 aliphatic carbocycles. The Morgan fingerprint density at radius 3 is 2.00 bits per heavy atom. The summed E-state index contributed by atoms with van der Waals surface area (Å²) in [6.45, 7) is 10.8. The molecule has 0 aromatic heterocycles. The molecule has 0 N–H and O–H groups in total. The normalized spacial score (nSPS) is 11.9. The van der Waals surface area contributed by atoms with Gasteiger partial charge >= 0.3 is 5.97 Å². The highest BCUT2D eigenvalue weighted by Gasteiger charge is 2.27. The second kappa shape index (κ2) is 8.39. The van der Waals surface area contributed by atoms with Crippen molar-refractivity contribution in [2.24, 2.45) is 5.41 Å². The molecule has 0 fully saturated rings. The van der Waals surface area contributed by atoms with Gasteiger partial charge in [-0.05, 0) is 43.5 Å². The summed E-state index contributed by atoms with van der Waals surface area (Å²) >= 11 is 0. The van der Waals surface area contributed by atoms with Crippen LogP contribution in [0.15, 0.2) is 54.6 Å². The van der Waals surface area contributed by atoms with Crippen molar-refractivity contribution in [1.29, 1.82) is 0 Å². The van der Waals surface area contributed by atoms with E-state index in [0.717, 1.165) is 12.2 Å². The Kier molecular flexibility index (Phi) is 6.47. The Balaban J connectivity index is 1.89. The second-order valence-electron chi connectivity index (χ2n) is 7.74. The average molecular weight is 354 g/mol. The predicted octanol–water partition coefficient (Wildman–Crippen LogP) is 5.37. The number of esters is 1. The minimum atomic E-state index is -0.440. The molecule has 0 spiro atoms. The minimum Gasteiger partial charge on any atom is -0.490 e. The van der Waals surface area contributed by atoms with Crippen LogP contribution >= 0.6 is 0 Å². The van der Waals surface area contributed by atoms with Gasteiger partial charge in [-0.2, -0.15) is 0 Å². The number of hydrogen-bond acceptors (Lipinski definition) is 3. The van der Waals surface area contributed by atoms with Gasteiger partial charge in [-0.3, -0.25) is 4.79 Å². The fourth-order valence-corrected chi connectivity index (χ4v) is 2.62. The van der Waals surface area contributed by atoms with Crippen LogP contribution in [0.2, 0.25) is 0 Å². The fraction of sp³-hybridized carbons (Fsp3) is 0.435. The molecule has 0 heterocycles. The van der Waals surface area contributed by atoms with Crippen molar-refractivity contribution < 1.29 is 14.3 Å². The van der Waals surface area contributed by atoms with E-state index >= 15 is 0 Å². The van der Waals surface area contributed by atoms with E-state index in [1.807, 2.05) is 39.0 Å². The number of benzene rings is 2. The van der Waals surface area contributed by atoms with Crippen LogP contribution in [0.25, 0.3) is 0 Å². The van der Waals surface area contributed by atoms with E-state index in [-0.39, 0.29) is 18.0 Å². The molecule has 0 amide bonds. The summed E-state index contributed by atoms with van der Waals surface area (Å²) in [5.41, 5.74) is 2.00. The highest BCUT2D eigenvalue weighted by Crippen LogP contribution is 2.32. The van der Waals surface area contributed by atoms with Crippen molar-refractivity contribution in [1.82, 2.24) is 0 Å². The minimum absolute atomic E-state index is 0.0684. The van der Waals surface area contributed by atoms with Crippen molar-refractivity contribution in [2.45, 2.75) is 46.5 Å². The van der Waals surface area contributed by atoms with E-state index in [1.165, 1.54) is 11.1 Å². The molecule has 0 unspecified atom stereocenters. The standard InChI is InChI=1S/C23H30O3/c1-6-22(2,3)21(24)26-17-16-25-20-14-12-19(13-15-20)23(4,5)18-10-8-7-9-11-18/h7-15H,6,16-17H2,1-5H3. The van der Waals surface area contributed by atoms with Crippen LogP contribution in [0.1, 0.15) is 52.2 Å². The Hall–Kier alpha value is -2.29. The quantitative estimate of drug-likeness (QED) is 0.472. The van der Waals surface area contributed by atoms with Crippen molar-refractivity contribution >= 4 is 5.97 Å². The van der Waals surface area contributed by atoms with E-state index < -0.39 is 5.41 Å². The third-order valence-corrected chi connectivity index (χ3v) is 5.09. The molecular weight excluding hydrogens is 324 g/mol. The molecule has 2 rings (SSSR count). The lowest BCUT2D eigenvalue weighted by molar-refractivity contribution is -0.154. The number of carbonyl (C=O) groups is 1. The lowest BCUT2D eigenvalue weighted by atomic mass is 9.78. The van der Waals surface area contributed by atoms with Crippen LogP contribution in [0.5, 0.6) is 5.75 Å². The summed E-state index contributed by atoms with van der Waals surface area (Å²) in [6, 6.07) is 18.6. The molecule has 0 saturated carbocycles. The Morgan fingerprint density at radius 1 is 0.846 bits per heavy atom. The van der Waals surface area contributed by atoms with Gasteiger partial charge in [0.1, 0.15) is 19.0 Å². The number of rotatable bonds is 8. The van der Waals surface area contributed by atoms with Gasteiger partial charge in [0.2, 0.25) is 0 Å². The van der Waals surface area contributed by atoms with Crippen LogP contribution < -0.4 is 4.74 Å².